The van der Waals surface area contributed by atoms with Crippen molar-refractivity contribution in [3.63, 3.8) is 0 Å². The molecule has 0 saturated heterocycles. The number of rotatable bonds is 2. The predicted molar refractivity (Wildman–Crippen MR) is 107 cm³/mol. The van der Waals surface area contributed by atoms with Crippen LogP contribution in [0.1, 0.15) is 27.6 Å². The molecule has 3 aromatic rings. The molecule has 1 unspecified atom stereocenters. The Balaban J connectivity index is 1.90. The lowest BCUT2D eigenvalue weighted by Gasteiger charge is -2.15. The van der Waals surface area contributed by atoms with Gasteiger partial charge in [-0.25, -0.2) is 4.68 Å². The molecular formula is C20H18ClN3OS. The summed E-state index contributed by atoms with van der Waals surface area (Å²) < 4.78 is 1.83. The van der Waals surface area contributed by atoms with Gasteiger partial charge in [0.2, 0.25) is 5.91 Å². The first-order chi connectivity index (χ1) is 12.5. The van der Waals surface area contributed by atoms with Crippen molar-refractivity contribution in [2.24, 2.45) is 0 Å². The van der Waals surface area contributed by atoms with Crippen LogP contribution in [0.2, 0.25) is 5.02 Å². The number of carbonyl (C=O) groups excluding carboxylic acids is 1. The normalized spacial score (nSPS) is 16.7. The highest BCUT2D eigenvalue weighted by Gasteiger charge is 2.30. The highest BCUT2D eigenvalue weighted by Crippen LogP contribution is 2.44. The SMILES string of the molecule is Cc1cccc(-n2nc(C)c3c2NC(=O)CSC3c2cccc(Cl)c2)c1. The number of nitrogens with zero attached hydrogens (tertiary/aromatic N) is 2. The van der Waals surface area contributed by atoms with Crippen LogP contribution in [0, 0.1) is 13.8 Å². The molecular weight excluding hydrogens is 366 g/mol. The predicted octanol–water partition coefficient (Wildman–Crippen LogP) is 4.92. The number of hydrogen-bond acceptors (Lipinski definition) is 3. The minimum absolute atomic E-state index is 0.00112. The molecule has 0 bridgehead atoms. The fourth-order valence-electron chi connectivity index (χ4n) is 3.26. The molecule has 0 aliphatic carbocycles. The van der Waals surface area contributed by atoms with Crippen LogP contribution in [0.4, 0.5) is 5.82 Å². The van der Waals surface area contributed by atoms with E-state index in [1.165, 1.54) is 0 Å². The lowest BCUT2D eigenvalue weighted by Crippen LogP contribution is -2.15. The number of nitrogens with one attached hydrogen (secondary N) is 1. The maximum Gasteiger partial charge on any atom is 0.235 e. The third-order valence-electron chi connectivity index (χ3n) is 4.41. The molecule has 0 radical (unpaired) electrons. The minimum Gasteiger partial charge on any atom is -0.310 e. The van der Waals surface area contributed by atoms with Crippen molar-refractivity contribution in [3.05, 3.63) is 75.9 Å². The molecule has 1 amide bonds. The van der Waals surface area contributed by atoms with E-state index in [0.29, 0.717) is 10.8 Å². The highest BCUT2D eigenvalue weighted by atomic mass is 35.5. The smallest absolute Gasteiger partial charge is 0.235 e. The van der Waals surface area contributed by atoms with E-state index < -0.39 is 0 Å². The van der Waals surface area contributed by atoms with Gasteiger partial charge in [0.1, 0.15) is 5.82 Å². The van der Waals surface area contributed by atoms with Gasteiger partial charge in [0, 0.05) is 10.6 Å². The number of halogens is 1. The van der Waals surface area contributed by atoms with Gasteiger partial charge in [-0.2, -0.15) is 5.10 Å². The van der Waals surface area contributed by atoms with E-state index in [1.807, 2.05) is 61.0 Å². The van der Waals surface area contributed by atoms with E-state index in [-0.39, 0.29) is 11.2 Å². The second-order valence-corrected chi connectivity index (χ2v) is 7.92. The first-order valence-corrected chi connectivity index (χ1v) is 9.79. The summed E-state index contributed by atoms with van der Waals surface area (Å²) in [4.78, 5) is 12.4. The summed E-state index contributed by atoms with van der Waals surface area (Å²) in [5, 5.41) is 8.48. The molecule has 1 aromatic heterocycles. The molecule has 4 rings (SSSR count). The minimum atomic E-state index is -0.0189. The molecule has 132 valence electrons. The average molecular weight is 384 g/mol. The summed E-state index contributed by atoms with van der Waals surface area (Å²) in [7, 11) is 0. The summed E-state index contributed by atoms with van der Waals surface area (Å²) in [6, 6.07) is 15.9. The van der Waals surface area contributed by atoms with Crippen molar-refractivity contribution >= 4 is 35.1 Å². The Bertz CT molecular complexity index is 998. The van der Waals surface area contributed by atoms with Gasteiger partial charge in [0.25, 0.3) is 0 Å². The van der Waals surface area contributed by atoms with Gasteiger partial charge in [0.15, 0.2) is 0 Å². The standard InChI is InChI=1S/C20H18ClN3OS/c1-12-5-3-8-16(9-12)24-20-18(13(2)23-24)19(26-11-17(25)22-20)14-6-4-7-15(21)10-14/h3-10,19H,11H2,1-2H3,(H,22,25). The van der Waals surface area contributed by atoms with Crippen LogP contribution in [0.25, 0.3) is 5.69 Å². The zero-order valence-electron chi connectivity index (χ0n) is 14.5. The van der Waals surface area contributed by atoms with E-state index in [1.54, 1.807) is 11.8 Å². The quantitative estimate of drug-likeness (QED) is 0.683. The molecule has 1 aliphatic heterocycles. The van der Waals surface area contributed by atoms with Crippen molar-refractivity contribution in [2.75, 3.05) is 11.1 Å². The fourth-order valence-corrected chi connectivity index (χ4v) is 4.64. The highest BCUT2D eigenvalue weighted by molar-refractivity contribution is 8.00. The zero-order chi connectivity index (χ0) is 18.3. The van der Waals surface area contributed by atoms with E-state index in [0.717, 1.165) is 33.9 Å². The molecule has 2 aromatic carbocycles. The molecule has 4 nitrogen and oxygen atoms in total. The largest absolute Gasteiger partial charge is 0.310 e. The van der Waals surface area contributed by atoms with Crippen LogP contribution in [0.15, 0.2) is 48.5 Å². The van der Waals surface area contributed by atoms with Gasteiger partial charge < -0.3 is 5.32 Å². The Labute approximate surface area is 161 Å². The number of thioether (sulfide) groups is 1. The molecule has 1 atom stereocenters. The molecule has 0 spiro atoms. The molecule has 0 fully saturated rings. The zero-order valence-corrected chi connectivity index (χ0v) is 16.1. The van der Waals surface area contributed by atoms with E-state index in [9.17, 15) is 4.79 Å². The Hall–Kier alpha value is -2.24. The number of anilines is 1. The van der Waals surface area contributed by atoms with Crippen LogP contribution in [0.5, 0.6) is 0 Å². The second kappa shape index (κ2) is 6.82. The van der Waals surface area contributed by atoms with Crippen molar-refractivity contribution in [1.82, 2.24) is 9.78 Å². The van der Waals surface area contributed by atoms with Crippen molar-refractivity contribution < 1.29 is 4.79 Å². The number of fused-ring (bicyclic) bond motifs is 1. The van der Waals surface area contributed by atoms with Crippen LogP contribution in [0.3, 0.4) is 0 Å². The molecule has 2 heterocycles. The summed E-state index contributed by atoms with van der Waals surface area (Å²) in [6.45, 7) is 4.03. The maximum atomic E-state index is 12.4. The van der Waals surface area contributed by atoms with Crippen molar-refractivity contribution in [2.45, 2.75) is 19.1 Å². The number of amides is 1. The van der Waals surface area contributed by atoms with Gasteiger partial charge >= 0.3 is 0 Å². The van der Waals surface area contributed by atoms with Gasteiger partial charge in [-0.05, 0) is 49.2 Å². The topological polar surface area (TPSA) is 46.9 Å². The van der Waals surface area contributed by atoms with Crippen LogP contribution in [-0.4, -0.2) is 21.4 Å². The van der Waals surface area contributed by atoms with Crippen molar-refractivity contribution in [3.8, 4) is 5.69 Å². The molecule has 1 aliphatic rings. The number of benzene rings is 2. The van der Waals surface area contributed by atoms with Gasteiger partial charge in [-0.1, -0.05) is 35.9 Å². The Morgan fingerprint density at radius 2 is 2.00 bits per heavy atom. The van der Waals surface area contributed by atoms with Gasteiger partial charge in [0.05, 0.1) is 22.4 Å². The number of hydrogen-bond donors (Lipinski definition) is 1. The Morgan fingerprint density at radius 3 is 2.77 bits per heavy atom. The first-order valence-electron chi connectivity index (χ1n) is 8.36. The lowest BCUT2D eigenvalue weighted by atomic mass is 10.0. The van der Waals surface area contributed by atoms with E-state index >= 15 is 0 Å². The number of carbonyl (C=O) groups is 1. The molecule has 1 N–H and O–H groups in total. The molecule has 6 heteroatoms. The second-order valence-electron chi connectivity index (χ2n) is 6.39. The summed E-state index contributed by atoms with van der Waals surface area (Å²) in [6.07, 6.45) is 0. The first kappa shape index (κ1) is 17.2. The number of aryl methyl sites for hydroxylation is 2. The fraction of sp³-hybridized carbons (Fsp3) is 0.200. The van der Waals surface area contributed by atoms with E-state index in [4.69, 9.17) is 16.7 Å². The average Bonchev–Trinajstić information content (AvgIpc) is 2.81. The Kier molecular flexibility index (Phi) is 4.51. The lowest BCUT2D eigenvalue weighted by molar-refractivity contribution is -0.113. The van der Waals surface area contributed by atoms with E-state index in [2.05, 4.69) is 11.4 Å². The van der Waals surface area contributed by atoms with Crippen LogP contribution >= 0.6 is 23.4 Å². The van der Waals surface area contributed by atoms with Crippen molar-refractivity contribution in [1.29, 1.82) is 0 Å². The number of aromatic nitrogens is 2. The summed E-state index contributed by atoms with van der Waals surface area (Å²) in [5.74, 6) is 1.11. The Morgan fingerprint density at radius 1 is 1.19 bits per heavy atom. The third-order valence-corrected chi connectivity index (χ3v) is 5.91. The van der Waals surface area contributed by atoms with Gasteiger partial charge in [-0.15, -0.1) is 11.8 Å². The monoisotopic (exact) mass is 383 g/mol. The maximum absolute atomic E-state index is 12.4. The van der Waals surface area contributed by atoms with Gasteiger partial charge in [-0.3, -0.25) is 4.79 Å². The molecule has 0 saturated carbocycles. The van der Waals surface area contributed by atoms with Crippen LogP contribution < -0.4 is 5.32 Å². The van der Waals surface area contributed by atoms with Crippen LogP contribution in [-0.2, 0) is 4.79 Å². The molecule has 26 heavy (non-hydrogen) atoms. The summed E-state index contributed by atoms with van der Waals surface area (Å²) >= 11 is 7.80. The summed E-state index contributed by atoms with van der Waals surface area (Å²) in [5.41, 5.74) is 5.09. The third kappa shape index (κ3) is 3.13.